The van der Waals surface area contributed by atoms with E-state index in [0.29, 0.717) is 19.2 Å². The Kier molecular flexibility index (Phi) is 7.40. The van der Waals surface area contributed by atoms with Crippen molar-refractivity contribution in [1.82, 2.24) is 19.6 Å². The van der Waals surface area contributed by atoms with Gasteiger partial charge >= 0.3 is 6.09 Å². The summed E-state index contributed by atoms with van der Waals surface area (Å²) in [6, 6.07) is 0.677. The predicted molar refractivity (Wildman–Crippen MR) is 111 cm³/mol. The minimum absolute atomic E-state index is 0.0129. The van der Waals surface area contributed by atoms with Gasteiger partial charge in [-0.1, -0.05) is 0 Å². The van der Waals surface area contributed by atoms with Crippen LogP contribution in [0.25, 0.3) is 0 Å². The van der Waals surface area contributed by atoms with Crippen molar-refractivity contribution in [2.45, 2.75) is 57.7 Å². The summed E-state index contributed by atoms with van der Waals surface area (Å²) in [5.41, 5.74) is -0.496. The van der Waals surface area contributed by atoms with E-state index in [2.05, 4.69) is 16.8 Å². The van der Waals surface area contributed by atoms with Crippen molar-refractivity contribution >= 4 is 12.0 Å². The molecule has 0 aromatic heterocycles. The van der Waals surface area contributed by atoms with Crippen molar-refractivity contribution < 1.29 is 19.1 Å². The number of amides is 2. The molecule has 0 aromatic rings. The zero-order valence-electron chi connectivity index (χ0n) is 18.6. The molecule has 0 aliphatic carbocycles. The fraction of sp³-hybridized carbons (Fsp3) is 0.905. The average molecular weight is 411 g/mol. The number of piperidine rings is 1. The van der Waals surface area contributed by atoms with Crippen LogP contribution in [-0.2, 0) is 14.3 Å². The van der Waals surface area contributed by atoms with Gasteiger partial charge in [0.05, 0.1) is 12.6 Å². The highest BCUT2D eigenvalue weighted by Crippen LogP contribution is 2.22. The number of carbonyl (C=O) groups is 2. The lowest BCUT2D eigenvalue weighted by atomic mass is 10.0. The van der Waals surface area contributed by atoms with Gasteiger partial charge in [0.25, 0.3) is 0 Å². The Bertz CT molecular complexity index is 564. The lowest BCUT2D eigenvalue weighted by Gasteiger charge is -2.42. The summed E-state index contributed by atoms with van der Waals surface area (Å²) in [4.78, 5) is 33.2. The zero-order valence-corrected chi connectivity index (χ0v) is 18.6. The molecule has 8 heteroatoms. The van der Waals surface area contributed by atoms with E-state index in [1.807, 2.05) is 25.7 Å². The molecule has 2 amide bonds. The highest BCUT2D eigenvalue weighted by molar-refractivity contribution is 5.77. The van der Waals surface area contributed by atoms with Gasteiger partial charge < -0.3 is 24.2 Å². The Hall–Kier alpha value is -1.38. The van der Waals surface area contributed by atoms with Crippen molar-refractivity contribution in [2.24, 2.45) is 0 Å². The fourth-order valence-corrected chi connectivity index (χ4v) is 4.25. The minimum atomic E-state index is -0.496. The SMILES string of the molecule is CN1CCC(N2CCN(C(=O)COCC3CCN3C(=O)OC(C)(C)C)CC2)CC1. The molecule has 0 bridgehead atoms. The largest absolute Gasteiger partial charge is 0.444 e. The number of hydrogen-bond donors (Lipinski definition) is 0. The second kappa shape index (κ2) is 9.62. The molecule has 29 heavy (non-hydrogen) atoms. The van der Waals surface area contributed by atoms with Crippen molar-refractivity contribution in [3.8, 4) is 0 Å². The van der Waals surface area contributed by atoms with Crippen molar-refractivity contribution in [3.05, 3.63) is 0 Å². The number of nitrogens with zero attached hydrogens (tertiary/aromatic N) is 4. The van der Waals surface area contributed by atoms with Crippen LogP contribution in [0.5, 0.6) is 0 Å². The molecule has 8 nitrogen and oxygen atoms in total. The Morgan fingerprint density at radius 3 is 2.14 bits per heavy atom. The molecule has 1 unspecified atom stereocenters. The third-order valence-corrected chi connectivity index (χ3v) is 6.18. The van der Waals surface area contributed by atoms with Crippen LogP contribution in [0.15, 0.2) is 0 Å². The van der Waals surface area contributed by atoms with E-state index in [9.17, 15) is 9.59 Å². The van der Waals surface area contributed by atoms with Crippen LogP contribution in [0.2, 0.25) is 0 Å². The Morgan fingerprint density at radius 1 is 0.931 bits per heavy atom. The molecule has 1 atom stereocenters. The summed E-state index contributed by atoms with van der Waals surface area (Å²) in [5, 5.41) is 0. The van der Waals surface area contributed by atoms with Crippen LogP contribution >= 0.6 is 0 Å². The van der Waals surface area contributed by atoms with E-state index in [4.69, 9.17) is 9.47 Å². The Morgan fingerprint density at radius 2 is 1.59 bits per heavy atom. The number of rotatable bonds is 5. The van der Waals surface area contributed by atoms with Gasteiger partial charge in [0, 0.05) is 38.8 Å². The van der Waals surface area contributed by atoms with Gasteiger partial charge in [-0.15, -0.1) is 0 Å². The number of likely N-dealkylation sites (tertiary alicyclic amines) is 2. The van der Waals surface area contributed by atoms with E-state index in [1.165, 1.54) is 25.9 Å². The van der Waals surface area contributed by atoms with Gasteiger partial charge in [0.2, 0.25) is 5.91 Å². The van der Waals surface area contributed by atoms with Crippen LogP contribution < -0.4 is 0 Å². The molecule has 3 heterocycles. The van der Waals surface area contributed by atoms with Crippen LogP contribution in [0.4, 0.5) is 4.79 Å². The summed E-state index contributed by atoms with van der Waals surface area (Å²) < 4.78 is 11.1. The predicted octanol–water partition coefficient (Wildman–Crippen LogP) is 1.25. The summed E-state index contributed by atoms with van der Waals surface area (Å²) >= 11 is 0. The summed E-state index contributed by atoms with van der Waals surface area (Å²) in [5.74, 6) is 0.0520. The van der Waals surface area contributed by atoms with Gasteiger partial charge in [0.1, 0.15) is 12.2 Å². The zero-order chi connectivity index (χ0) is 21.0. The van der Waals surface area contributed by atoms with Crippen LogP contribution in [0.3, 0.4) is 0 Å². The Labute approximate surface area is 175 Å². The molecule has 0 N–H and O–H groups in total. The van der Waals surface area contributed by atoms with E-state index < -0.39 is 5.60 Å². The number of ether oxygens (including phenoxy) is 2. The lowest BCUT2D eigenvalue weighted by Crippen LogP contribution is -2.55. The third-order valence-electron chi connectivity index (χ3n) is 6.18. The van der Waals surface area contributed by atoms with Gasteiger partial charge in [-0.2, -0.15) is 0 Å². The third kappa shape index (κ3) is 6.30. The maximum absolute atomic E-state index is 12.5. The first kappa shape index (κ1) is 22.3. The van der Waals surface area contributed by atoms with Crippen molar-refractivity contribution in [2.75, 3.05) is 66.1 Å². The van der Waals surface area contributed by atoms with E-state index >= 15 is 0 Å². The average Bonchev–Trinajstić information content (AvgIpc) is 2.63. The smallest absolute Gasteiger partial charge is 0.410 e. The molecule has 3 aliphatic heterocycles. The molecular formula is C21H38N4O4. The summed E-state index contributed by atoms with van der Waals surface area (Å²) in [6.07, 6.45) is 3.04. The monoisotopic (exact) mass is 410 g/mol. The molecule has 3 rings (SSSR count). The molecule has 0 saturated carbocycles. The molecule has 3 fully saturated rings. The molecular weight excluding hydrogens is 372 g/mol. The molecule has 3 aliphatic rings. The number of piperazine rings is 1. The van der Waals surface area contributed by atoms with Gasteiger partial charge in [0.15, 0.2) is 0 Å². The highest BCUT2D eigenvalue weighted by atomic mass is 16.6. The van der Waals surface area contributed by atoms with Crippen LogP contribution in [0.1, 0.15) is 40.0 Å². The summed E-state index contributed by atoms with van der Waals surface area (Å²) in [7, 11) is 2.18. The van der Waals surface area contributed by atoms with Gasteiger partial charge in [-0.3, -0.25) is 9.69 Å². The van der Waals surface area contributed by atoms with E-state index in [0.717, 1.165) is 32.6 Å². The number of carbonyl (C=O) groups excluding carboxylic acids is 2. The summed E-state index contributed by atoms with van der Waals surface area (Å²) in [6.45, 7) is 12.6. The van der Waals surface area contributed by atoms with Crippen LogP contribution in [-0.4, -0.2) is 115 Å². The maximum Gasteiger partial charge on any atom is 0.410 e. The van der Waals surface area contributed by atoms with Crippen molar-refractivity contribution in [1.29, 1.82) is 0 Å². The van der Waals surface area contributed by atoms with Gasteiger partial charge in [-0.25, -0.2) is 4.79 Å². The number of hydrogen-bond acceptors (Lipinski definition) is 6. The molecule has 0 radical (unpaired) electrons. The fourth-order valence-electron chi connectivity index (χ4n) is 4.25. The minimum Gasteiger partial charge on any atom is -0.444 e. The maximum atomic E-state index is 12.5. The van der Waals surface area contributed by atoms with Gasteiger partial charge in [-0.05, 0) is 60.2 Å². The normalized spacial score (nSPS) is 25.0. The Balaban J connectivity index is 1.32. The first-order valence-electron chi connectivity index (χ1n) is 11.0. The highest BCUT2D eigenvalue weighted by Gasteiger charge is 2.35. The first-order valence-corrected chi connectivity index (χ1v) is 11.0. The lowest BCUT2D eigenvalue weighted by molar-refractivity contribution is -0.139. The van der Waals surface area contributed by atoms with Crippen molar-refractivity contribution in [3.63, 3.8) is 0 Å². The van der Waals surface area contributed by atoms with E-state index in [-0.39, 0.29) is 24.6 Å². The first-order chi connectivity index (χ1) is 13.7. The topological polar surface area (TPSA) is 65.6 Å². The molecule has 166 valence electrons. The standard InChI is InChI=1S/C21H38N4O4/c1-21(2,3)29-20(27)25-10-7-18(25)15-28-16-19(26)24-13-11-23(12-14-24)17-5-8-22(4)9-6-17/h17-18H,5-16H2,1-4H3. The van der Waals surface area contributed by atoms with E-state index in [1.54, 1.807) is 4.90 Å². The van der Waals surface area contributed by atoms with Crippen LogP contribution in [0, 0.1) is 0 Å². The molecule has 3 saturated heterocycles. The second-order valence-corrected chi connectivity index (χ2v) is 9.58. The molecule has 0 spiro atoms. The quantitative estimate of drug-likeness (QED) is 0.680. The second-order valence-electron chi connectivity index (χ2n) is 9.58. The molecule has 0 aromatic carbocycles.